The molecule has 23 heavy (non-hydrogen) atoms. The lowest BCUT2D eigenvalue weighted by molar-refractivity contribution is 0.0672. The molecule has 1 N–H and O–H groups in total. The Kier molecular flexibility index (Phi) is 7.75. The Hall–Kier alpha value is 0.270. The first kappa shape index (κ1) is 19.6. The van der Waals surface area contributed by atoms with Gasteiger partial charge in [-0.1, -0.05) is 47.0 Å². The van der Waals surface area contributed by atoms with Gasteiger partial charge in [0, 0.05) is 5.25 Å². The van der Waals surface area contributed by atoms with Crippen molar-refractivity contribution in [2.45, 2.75) is 90.4 Å². The summed E-state index contributed by atoms with van der Waals surface area (Å²) in [6.45, 7) is 10.3. The molecule has 0 aromatic heterocycles. The number of hydrogen-bond acceptors (Lipinski definition) is 3. The smallest absolute Gasteiger partial charge is 0.0923 e. The Balaban J connectivity index is 1.63. The Bertz CT molecular complexity index is 339. The number of aliphatic hydroxyl groups is 1. The highest BCUT2D eigenvalue weighted by Gasteiger charge is 2.31. The van der Waals surface area contributed by atoms with E-state index in [1.54, 1.807) is 0 Å². The quantitative estimate of drug-likeness (QED) is 0.511. The van der Waals surface area contributed by atoms with Crippen LogP contribution in [0.2, 0.25) is 0 Å². The molecule has 0 aliphatic heterocycles. The molecule has 5 atom stereocenters. The molecule has 2 rings (SSSR count). The largest absolute Gasteiger partial charge is 0.393 e. The van der Waals surface area contributed by atoms with E-state index in [4.69, 9.17) is 4.74 Å². The molecule has 0 bridgehead atoms. The molecule has 2 nitrogen and oxygen atoms in total. The Morgan fingerprint density at radius 2 is 1.83 bits per heavy atom. The number of ether oxygens (including phenoxy) is 1. The summed E-state index contributed by atoms with van der Waals surface area (Å²) in [6.07, 6.45) is 10.0. The monoisotopic (exact) mass is 342 g/mol. The normalized spacial score (nSPS) is 34.3. The zero-order valence-electron chi connectivity index (χ0n) is 15.7. The molecule has 2 fully saturated rings. The maximum absolute atomic E-state index is 10.2. The summed E-state index contributed by atoms with van der Waals surface area (Å²) < 4.78 is 6.01. The lowest BCUT2D eigenvalue weighted by Gasteiger charge is -2.37. The van der Waals surface area contributed by atoms with E-state index in [2.05, 4.69) is 27.7 Å². The molecule has 2 aliphatic carbocycles. The average Bonchev–Trinajstić information content (AvgIpc) is 2.51. The second-order valence-corrected chi connectivity index (χ2v) is 10.3. The second kappa shape index (κ2) is 9.10. The Morgan fingerprint density at radius 1 is 1.09 bits per heavy atom. The van der Waals surface area contributed by atoms with Crippen LogP contribution in [0.25, 0.3) is 0 Å². The lowest BCUT2D eigenvalue weighted by atomic mass is 9.69. The molecule has 0 heterocycles. The van der Waals surface area contributed by atoms with Crippen molar-refractivity contribution < 1.29 is 9.84 Å². The van der Waals surface area contributed by atoms with Crippen LogP contribution in [0.4, 0.5) is 0 Å². The summed E-state index contributed by atoms with van der Waals surface area (Å²) in [4.78, 5) is 0. The van der Waals surface area contributed by atoms with Crippen molar-refractivity contribution in [2.75, 3.05) is 12.5 Å². The van der Waals surface area contributed by atoms with Crippen LogP contribution in [0.1, 0.15) is 79.1 Å². The average molecular weight is 343 g/mol. The van der Waals surface area contributed by atoms with Gasteiger partial charge in [-0.25, -0.2) is 0 Å². The highest BCUT2D eigenvalue weighted by Crippen LogP contribution is 2.40. The summed E-state index contributed by atoms with van der Waals surface area (Å²) in [7, 11) is 0. The fourth-order valence-corrected chi connectivity index (χ4v) is 5.38. The van der Waals surface area contributed by atoms with Crippen molar-refractivity contribution in [2.24, 2.45) is 23.2 Å². The van der Waals surface area contributed by atoms with E-state index in [1.807, 2.05) is 11.8 Å². The van der Waals surface area contributed by atoms with Crippen LogP contribution in [0.5, 0.6) is 0 Å². The van der Waals surface area contributed by atoms with Crippen LogP contribution in [-0.2, 0) is 4.74 Å². The predicted molar refractivity (Wildman–Crippen MR) is 101 cm³/mol. The minimum absolute atomic E-state index is 0.0860. The van der Waals surface area contributed by atoms with E-state index < -0.39 is 0 Å². The van der Waals surface area contributed by atoms with E-state index in [0.29, 0.717) is 16.6 Å². The topological polar surface area (TPSA) is 29.5 Å². The summed E-state index contributed by atoms with van der Waals surface area (Å²) in [5, 5.41) is 10.7. The van der Waals surface area contributed by atoms with E-state index in [0.717, 1.165) is 30.8 Å². The third-order valence-corrected chi connectivity index (χ3v) is 7.34. The molecule has 136 valence electrons. The SMILES string of the molecule is CC(SCOCC1CCCC(C(C)(C)C)C1)C1CCCCC1O. The van der Waals surface area contributed by atoms with Crippen molar-refractivity contribution >= 4 is 11.8 Å². The highest BCUT2D eigenvalue weighted by atomic mass is 32.2. The molecule has 0 saturated heterocycles. The fourth-order valence-electron chi connectivity index (χ4n) is 4.41. The molecule has 0 spiro atoms. The number of thioether (sulfide) groups is 1. The van der Waals surface area contributed by atoms with Crippen molar-refractivity contribution in [1.82, 2.24) is 0 Å². The van der Waals surface area contributed by atoms with Gasteiger partial charge < -0.3 is 9.84 Å². The van der Waals surface area contributed by atoms with E-state index in [1.165, 1.54) is 44.9 Å². The molecular weight excluding hydrogens is 304 g/mol. The standard InChI is InChI=1S/C20H38O2S/c1-15(18-10-5-6-11-19(18)21)23-14-22-13-16-8-7-9-17(12-16)20(2,3)4/h15-19,21H,5-14H2,1-4H3. The summed E-state index contributed by atoms with van der Waals surface area (Å²) in [5.74, 6) is 2.87. The van der Waals surface area contributed by atoms with Gasteiger partial charge >= 0.3 is 0 Å². The predicted octanol–water partition coefficient (Wildman–Crippen LogP) is 5.49. The lowest BCUT2D eigenvalue weighted by Crippen LogP contribution is -2.31. The summed E-state index contributed by atoms with van der Waals surface area (Å²) in [5.41, 5.74) is 0.444. The van der Waals surface area contributed by atoms with Gasteiger partial charge in [0.25, 0.3) is 0 Å². The summed E-state index contributed by atoms with van der Waals surface area (Å²) in [6, 6.07) is 0. The van der Waals surface area contributed by atoms with Gasteiger partial charge in [-0.05, 0) is 55.3 Å². The van der Waals surface area contributed by atoms with Crippen molar-refractivity contribution in [3.8, 4) is 0 Å². The van der Waals surface area contributed by atoms with E-state index in [-0.39, 0.29) is 6.10 Å². The van der Waals surface area contributed by atoms with Crippen LogP contribution in [0.3, 0.4) is 0 Å². The molecule has 0 aromatic rings. The number of hydrogen-bond donors (Lipinski definition) is 1. The van der Waals surface area contributed by atoms with E-state index >= 15 is 0 Å². The van der Waals surface area contributed by atoms with Gasteiger partial charge in [-0.2, -0.15) is 0 Å². The second-order valence-electron chi connectivity index (χ2n) is 8.97. The van der Waals surface area contributed by atoms with Gasteiger partial charge in [0.05, 0.1) is 18.6 Å². The van der Waals surface area contributed by atoms with E-state index in [9.17, 15) is 5.11 Å². The number of aliphatic hydroxyl groups excluding tert-OH is 1. The fraction of sp³-hybridized carbons (Fsp3) is 1.00. The van der Waals surface area contributed by atoms with Crippen molar-refractivity contribution in [3.05, 3.63) is 0 Å². The van der Waals surface area contributed by atoms with Gasteiger partial charge in [0.2, 0.25) is 0 Å². The van der Waals surface area contributed by atoms with Gasteiger partial charge in [0.15, 0.2) is 0 Å². The van der Waals surface area contributed by atoms with Crippen LogP contribution in [-0.4, -0.2) is 29.0 Å². The molecule has 5 unspecified atom stereocenters. The van der Waals surface area contributed by atoms with Gasteiger partial charge in [-0.15, -0.1) is 11.8 Å². The molecule has 2 saturated carbocycles. The van der Waals surface area contributed by atoms with Crippen LogP contribution in [0, 0.1) is 23.2 Å². The zero-order chi connectivity index (χ0) is 16.9. The first-order chi connectivity index (χ1) is 10.9. The maximum Gasteiger partial charge on any atom is 0.0923 e. The zero-order valence-corrected chi connectivity index (χ0v) is 16.5. The molecule has 0 aromatic carbocycles. The first-order valence-electron chi connectivity index (χ1n) is 9.75. The molecule has 0 radical (unpaired) electrons. The Morgan fingerprint density at radius 3 is 2.52 bits per heavy atom. The third kappa shape index (κ3) is 6.25. The number of rotatable bonds is 6. The minimum Gasteiger partial charge on any atom is -0.393 e. The maximum atomic E-state index is 10.2. The van der Waals surface area contributed by atoms with Crippen LogP contribution >= 0.6 is 11.8 Å². The van der Waals surface area contributed by atoms with Crippen molar-refractivity contribution in [3.63, 3.8) is 0 Å². The highest BCUT2D eigenvalue weighted by molar-refractivity contribution is 7.99. The first-order valence-corrected chi connectivity index (χ1v) is 10.8. The van der Waals surface area contributed by atoms with Crippen LogP contribution < -0.4 is 0 Å². The van der Waals surface area contributed by atoms with Gasteiger partial charge in [-0.3, -0.25) is 0 Å². The molecular formula is C20H38O2S. The van der Waals surface area contributed by atoms with Crippen molar-refractivity contribution in [1.29, 1.82) is 0 Å². The Labute approximate surface area is 148 Å². The third-order valence-electron chi connectivity index (χ3n) is 6.16. The minimum atomic E-state index is -0.0860. The van der Waals surface area contributed by atoms with Crippen LogP contribution in [0.15, 0.2) is 0 Å². The summed E-state index contributed by atoms with van der Waals surface area (Å²) >= 11 is 1.90. The van der Waals surface area contributed by atoms with Gasteiger partial charge in [0.1, 0.15) is 0 Å². The molecule has 3 heteroatoms. The molecule has 2 aliphatic rings. The molecule has 0 amide bonds.